The van der Waals surface area contributed by atoms with E-state index in [1.165, 1.54) is 10.4 Å². The van der Waals surface area contributed by atoms with Gasteiger partial charge < -0.3 is 4.43 Å². The van der Waals surface area contributed by atoms with Crippen molar-refractivity contribution in [3.63, 3.8) is 0 Å². The molecule has 0 saturated carbocycles. The lowest BCUT2D eigenvalue weighted by atomic mass is 10.3. The molecule has 0 aromatic heterocycles. The highest BCUT2D eigenvalue weighted by Gasteiger charge is 2.36. The van der Waals surface area contributed by atoms with Crippen LogP contribution in [-0.2, 0) is 0 Å². The molecule has 0 saturated heterocycles. The molecule has 3 rings (SSSR count). The van der Waals surface area contributed by atoms with Crippen LogP contribution in [0.15, 0.2) is 84.9 Å². The molecule has 0 unspecified atom stereocenters. The highest BCUT2D eigenvalue weighted by Crippen LogP contribution is 2.20. The zero-order valence-electron chi connectivity index (χ0n) is 12.4. The normalized spacial score (nSPS) is 11.2. The summed E-state index contributed by atoms with van der Waals surface area (Å²) >= 11 is 6.10. The molecule has 0 heterocycles. The first kappa shape index (κ1) is 14.9. The summed E-state index contributed by atoms with van der Waals surface area (Å²) in [6, 6.07) is 28.5. The van der Waals surface area contributed by atoms with Gasteiger partial charge in [-0.1, -0.05) is 78.3 Å². The van der Waals surface area contributed by atoms with Crippen LogP contribution in [0, 0.1) is 0 Å². The van der Waals surface area contributed by atoms with Gasteiger partial charge in [-0.05, 0) is 35.1 Å². The van der Waals surface area contributed by atoms with Crippen LogP contribution in [0.2, 0.25) is 11.6 Å². The van der Waals surface area contributed by atoms with Crippen molar-refractivity contribution in [3.05, 3.63) is 90.0 Å². The molecule has 0 radical (unpaired) electrons. The lowest BCUT2D eigenvalue weighted by Gasteiger charge is -2.29. The Morgan fingerprint density at radius 3 is 1.77 bits per heavy atom. The molecule has 0 bridgehead atoms. The summed E-state index contributed by atoms with van der Waals surface area (Å²) < 4.78 is 6.51. The second kappa shape index (κ2) is 6.38. The van der Waals surface area contributed by atoms with Gasteiger partial charge in [0.25, 0.3) is 0 Å². The lowest BCUT2D eigenvalue weighted by molar-refractivity contribution is 0.571. The molecule has 0 amide bonds. The van der Waals surface area contributed by atoms with Gasteiger partial charge in [-0.15, -0.1) is 0 Å². The third-order valence-electron chi connectivity index (χ3n) is 3.77. The minimum atomic E-state index is -2.32. The molecule has 3 aromatic rings. The van der Waals surface area contributed by atoms with Crippen molar-refractivity contribution in [2.75, 3.05) is 0 Å². The molecule has 110 valence electrons. The summed E-state index contributed by atoms with van der Waals surface area (Å²) in [6.07, 6.45) is 0. The zero-order chi connectivity index (χ0) is 15.4. The van der Waals surface area contributed by atoms with Crippen molar-refractivity contribution in [2.45, 2.75) is 6.55 Å². The smallest absolute Gasteiger partial charge is 0.311 e. The Labute approximate surface area is 137 Å². The summed E-state index contributed by atoms with van der Waals surface area (Å²) in [7, 11) is -2.32. The van der Waals surface area contributed by atoms with Gasteiger partial charge in [0.1, 0.15) is 5.75 Å². The number of hydrogen-bond donors (Lipinski definition) is 0. The fraction of sp³-hybridized carbons (Fsp3) is 0.0526. The molecule has 0 spiro atoms. The Morgan fingerprint density at radius 2 is 1.27 bits per heavy atom. The molecule has 0 aliphatic rings. The monoisotopic (exact) mass is 324 g/mol. The van der Waals surface area contributed by atoms with E-state index in [1.807, 2.05) is 36.4 Å². The third-order valence-corrected chi connectivity index (χ3v) is 7.52. The molecule has 22 heavy (non-hydrogen) atoms. The number of rotatable bonds is 4. The van der Waals surface area contributed by atoms with Crippen LogP contribution < -0.4 is 14.8 Å². The van der Waals surface area contributed by atoms with Crippen molar-refractivity contribution in [3.8, 4) is 5.75 Å². The van der Waals surface area contributed by atoms with Gasteiger partial charge in [0.05, 0.1) is 0 Å². The Hall–Kier alpha value is -2.03. The largest absolute Gasteiger partial charge is 0.535 e. The zero-order valence-corrected chi connectivity index (χ0v) is 14.1. The molecule has 3 heteroatoms. The van der Waals surface area contributed by atoms with Gasteiger partial charge in [-0.25, -0.2) is 0 Å². The van der Waals surface area contributed by atoms with Crippen LogP contribution in [-0.4, -0.2) is 8.32 Å². The van der Waals surface area contributed by atoms with Gasteiger partial charge in [0.2, 0.25) is 0 Å². The van der Waals surface area contributed by atoms with Gasteiger partial charge >= 0.3 is 8.32 Å². The topological polar surface area (TPSA) is 9.23 Å². The van der Waals surface area contributed by atoms with E-state index in [4.69, 9.17) is 16.0 Å². The van der Waals surface area contributed by atoms with E-state index in [-0.39, 0.29) is 0 Å². The van der Waals surface area contributed by atoms with Gasteiger partial charge in [-0.3, -0.25) is 0 Å². The molecule has 0 aliphatic carbocycles. The Morgan fingerprint density at radius 1 is 0.727 bits per heavy atom. The number of benzene rings is 3. The molecule has 3 aromatic carbocycles. The average Bonchev–Trinajstić information content (AvgIpc) is 2.56. The van der Waals surface area contributed by atoms with Crippen molar-refractivity contribution < 1.29 is 4.43 Å². The molecule has 0 aliphatic heterocycles. The summed E-state index contributed by atoms with van der Waals surface area (Å²) in [4.78, 5) is 0. The van der Waals surface area contributed by atoms with Gasteiger partial charge in [0.15, 0.2) is 0 Å². The van der Waals surface area contributed by atoms with E-state index < -0.39 is 8.32 Å². The maximum atomic E-state index is 6.51. The standard InChI is InChI=1S/C19H17ClOSi/c1-22(18-11-4-2-5-12-18,19-13-6-3-7-14-19)21-17-10-8-9-16(20)15-17/h2-15H,1H3. The first-order chi connectivity index (χ1) is 10.7. The molecule has 0 fully saturated rings. The van der Waals surface area contributed by atoms with Gasteiger partial charge in [-0.2, -0.15) is 0 Å². The summed E-state index contributed by atoms with van der Waals surface area (Å²) in [5, 5.41) is 3.16. The molecular weight excluding hydrogens is 308 g/mol. The Balaban J connectivity index is 2.08. The maximum Gasteiger partial charge on any atom is 0.311 e. The van der Waals surface area contributed by atoms with E-state index in [0.717, 1.165) is 5.75 Å². The lowest BCUT2D eigenvalue weighted by Crippen LogP contribution is -2.60. The van der Waals surface area contributed by atoms with Crippen molar-refractivity contribution >= 4 is 30.3 Å². The van der Waals surface area contributed by atoms with Crippen LogP contribution >= 0.6 is 11.6 Å². The summed E-state index contributed by atoms with van der Waals surface area (Å²) in [5.41, 5.74) is 0. The van der Waals surface area contributed by atoms with Crippen LogP contribution in [0.3, 0.4) is 0 Å². The average molecular weight is 325 g/mol. The maximum absolute atomic E-state index is 6.51. The SMILES string of the molecule is C[Si](Oc1cccc(Cl)c1)(c1ccccc1)c1ccccc1. The van der Waals surface area contributed by atoms with E-state index in [9.17, 15) is 0 Å². The Bertz CT molecular complexity index is 704. The highest BCUT2D eigenvalue weighted by molar-refractivity contribution is 6.97. The molecule has 0 N–H and O–H groups in total. The summed E-state index contributed by atoms with van der Waals surface area (Å²) in [6.45, 7) is 2.22. The molecular formula is C19H17ClOSi. The predicted octanol–water partition coefficient (Wildman–Crippen LogP) is 4.11. The van der Waals surface area contributed by atoms with E-state index in [0.29, 0.717) is 5.02 Å². The fourth-order valence-corrected chi connectivity index (χ4v) is 5.57. The summed E-state index contributed by atoms with van der Waals surface area (Å²) in [5.74, 6) is 0.814. The van der Waals surface area contributed by atoms with Crippen molar-refractivity contribution in [1.82, 2.24) is 0 Å². The number of hydrogen-bond acceptors (Lipinski definition) is 1. The minimum absolute atomic E-state index is 0.690. The minimum Gasteiger partial charge on any atom is -0.535 e. The van der Waals surface area contributed by atoms with E-state index in [1.54, 1.807) is 0 Å². The van der Waals surface area contributed by atoms with Crippen LogP contribution in [0.4, 0.5) is 0 Å². The van der Waals surface area contributed by atoms with Crippen molar-refractivity contribution in [2.24, 2.45) is 0 Å². The quantitative estimate of drug-likeness (QED) is 0.656. The predicted molar refractivity (Wildman–Crippen MR) is 95.9 cm³/mol. The number of halogens is 1. The highest BCUT2D eigenvalue weighted by atomic mass is 35.5. The second-order valence-electron chi connectivity index (χ2n) is 5.32. The van der Waals surface area contributed by atoms with Crippen LogP contribution in [0.25, 0.3) is 0 Å². The fourth-order valence-electron chi connectivity index (χ4n) is 2.56. The van der Waals surface area contributed by atoms with Crippen LogP contribution in [0.1, 0.15) is 0 Å². The Kier molecular flexibility index (Phi) is 4.32. The molecule has 0 atom stereocenters. The molecule has 1 nitrogen and oxygen atoms in total. The van der Waals surface area contributed by atoms with E-state index >= 15 is 0 Å². The van der Waals surface area contributed by atoms with Crippen molar-refractivity contribution in [1.29, 1.82) is 0 Å². The van der Waals surface area contributed by atoms with Gasteiger partial charge in [0, 0.05) is 5.02 Å². The first-order valence-corrected chi connectivity index (χ1v) is 10.0. The second-order valence-corrected chi connectivity index (χ2v) is 9.19. The third kappa shape index (κ3) is 3.08. The first-order valence-electron chi connectivity index (χ1n) is 7.24. The van der Waals surface area contributed by atoms with E-state index in [2.05, 4.69) is 55.1 Å². The van der Waals surface area contributed by atoms with Crippen LogP contribution in [0.5, 0.6) is 5.75 Å².